The van der Waals surface area contributed by atoms with Crippen molar-refractivity contribution in [3.05, 3.63) is 53.1 Å². The number of nitrogens with one attached hydrogen (secondary N) is 1. The quantitative estimate of drug-likeness (QED) is 0.754. The third-order valence-corrected chi connectivity index (χ3v) is 5.41. The Bertz CT molecular complexity index is 890. The van der Waals surface area contributed by atoms with E-state index in [4.69, 9.17) is 14.2 Å². The zero-order valence-corrected chi connectivity index (χ0v) is 18.2. The van der Waals surface area contributed by atoms with Crippen molar-refractivity contribution in [1.82, 2.24) is 5.32 Å². The molecule has 1 N–H and O–H groups in total. The van der Waals surface area contributed by atoms with E-state index in [1.807, 2.05) is 64.1 Å². The first-order valence-electron chi connectivity index (χ1n) is 10.1. The number of carbonyl (C=O) groups excluding carboxylic acids is 1. The van der Waals surface area contributed by atoms with E-state index >= 15 is 0 Å². The third kappa shape index (κ3) is 4.84. The fourth-order valence-electron chi connectivity index (χ4n) is 3.63. The number of amides is 1. The molecule has 1 aliphatic heterocycles. The molecule has 0 aromatic heterocycles. The van der Waals surface area contributed by atoms with Crippen LogP contribution in [0.4, 0.5) is 0 Å². The average Bonchev–Trinajstić information content (AvgIpc) is 2.67. The molecule has 2 aromatic carbocycles. The van der Waals surface area contributed by atoms with Crippen molar-refractivity contribution in [2.45, 2.75) is 65.2 Å². The Morgan fingerprint density at radius 3 is 2.55 bits per heavy atom. The summed E-state index contributed by atoms with van der Waals surface area (Å²) in [5, 5.41) is 3.18. The van der Waals surface area contributed by atoms with Crippen molar-refractivity contribution < 1.29 is 19.0 Å². The van der Waals surface area contributed by atoms with E-state index in [-0.39, 0.29) is 17.6 Å². The Balaban J connectivity index is 1.80. The summed E-state index contributed by atoms with van der Waals surface area (Å²) in [7, 11) is 1.63. The minimum absolute atomic E-state index is 0.123. The molecule has 2 aromatic rings. The Morgan fingerprint density at radius 2 is 1.90 bits per heavy atom. The van der Waals surface area contributed by atoms with Gasteiger partial charge in [-0.05, 0) is 75.6 Å². The Labute approximate surface area is 173 Å². The van der Waals surface area contributed by atoms with Gasteiger partial charge in [0.25, 0.3) is 5.91 Å². The van der Waals surface area contributed by atoms with Gasteiger partial charge in [0.05, 0.1) is 13.2 Å². The summed E-state index contributed by atoms with van der Waals surface area (Å²) < 4.78 is 17.5. The van der Waals surface area contributed by atoms with Crippen LogP contribution in [0, 0.1) is 13.8 Å². The van der Waals surface area contributed by atoms with E-state index in [1.165, 1.54) is 5.56 Å². The van der Waals surface area contributed by atoms with E-state index in [1.54, 1.807) is 7.11 Å². The lowest BCUT2D eigenvalue weighted by Gasteiger charge is -2.38. The molecule has 1 amide bonds. The van der Waals surface area contributed by atoms with Gasteiger partial charge in [0.15, 0.2) is 6.10 Å². The van der Waals surface area contributed by atoms with Crippen molar-refractivity contribution >= 4 is 5.91 Å². The summed E-state index contributed by atoms with van der Waals surface area (Å²) in [6.07, 6.45) is 0.687. The summed E-state index contributed by atoms with van der Waals surface area (Å²) in [6.45, 7) is 10.1. The second-order valence-corrected chi connectivity index (χ2v) is 8.29. The average molecular weight is 398 g/mol. The summed E-state index contributed by atoms with van der Waals surface area (Å²) in [5.41, 5.74) is 2.89. The Kier molecular flexibility index (Phi) is 6.06. The number of ether oxygens (including phenoxy) is 3. The molecule has 0 radical (unpaired) electrons. The molecule has 0 saturated carbocycles. The molecule has 1 heterocycles. The van der Waals surface area contributed by atoms with Crippen LogP contribution < -0.4 is 19.5 Å². The number of hydrogen-bond donors (Lipinski definition) is 1. The predicted molar refractivity (Wildman–Crippen MR) is 114 cm³/mol. The highest BCUT2D eigenvalue weighted by molar-refractivity contribution is 5.81. The molecule has 5 nitrogen and oxygen atoms in total. The molecular weight excluding hydrogens is 366 g/mol. The van der Waals surface area contributed by atoms with Gasteiger partial charge >= 0.3 is 0 Å². The molecule has 0 bridgehead atoms. The highest BCUT2D eigenvalue weighted by atomic mass is 16.5. The molecule has 5 heteroatoms. The number of carbonyl (C=O) groups is 1. The molecule has 0 saturated heterocycles. The molecular formula is C24H31NO4. The van der Waals surface area contributed by atoms with Crippen molar-refractivity contribution in [2.75, 3.05) is 7.11 Å². The van der Waals surface area contributed by atoms with Gasteiger partial charge in [-0.1, -0.05) is 13.0 Å². The molecule has 3 rings (SSSR count). The molecule has 29 heavy (non-hydrogen) atoms. The van der Waals surface area contributed by atoms with E-state index in [0.29, 0.717) is 18.6 Å². The van der Waals surface area contributed by atoms with Gasteiger partial charge in [-0.2, -0.15) is 0 Å². The minimum atomic E-state index is -0.558. The summed E-state index contributed by atoms with van der Waals surface area (Å²) in [6, 6.07) is 11.4. The van der Waals surface area contributed by atoms with Crippen LogP contribution in [0.1, 0.15) is 56.3 Å². The number of fused-ring (bicyclic) bond motifs is 1. The Morgan fingerprint density at radius 1 is 1.17 bits per heavy atom. The molecule has 0 unspecified atom stereocenters. The zero-order chi connectivity index (χ0) is 21.2. The van der Waals surface area contributed by atoms with Crippen LogP contribution in [0.5, 0.6) is 17.2 Å². The SMILES string of the molecule is CC[C@@H](Oc1ccc(C)c(C)c1)C(=O)N[C@H]1CC(C)(C)Oc2ccc(OC)cc21. The zero-order valence-electron chi connectivity index (χ0n) is 18.2. The molecule has 1 aliphatic rings. The maximum Gasteiger partial charge on any atom is 0.261 e. The number of methoxy groups -OCH3 is 1. The molecule has 2 atom stereocenters. The molecule has 156 valence electrons. The fraction of sp³-hybridized carbons (Fsp3) is 0.458. The largest absolute Gasteiger partial charge is 0.497 e. The fourth-order valence-corrected chi connectivity index (χ4v) is 3.63. The maximum absolute atomic E-state index is 13.1. The van der Waals surface area contributed by atoms with Crippen LogP contribution in [-0.2, 0) is 4.79 Å². The van der Waals surface area contributed by atoms with Gasteiger partial charge in [0.2, 0.25) is 0 Å². The van der Waals surface area contributed by atoms with Crippen LogP contribution in [0.3, 0.4) is 0 Å². The summed E-state index contributed by atoms with van der Waals surface area (Å²) in [4.78, 5) is 13.1. The smallest absolute Gasteiger partial charge is 0.261 e. The number of rotatable bonds is 6. The van der Waals surface area contributed by atoms with Crippen molar-refractivity contribution in [2.24, 2.45) is 0 Å². The van der Waals surface area contributed by atoms with Crippen LogP contribution in [-0.4, -0.2) is 24.7 Å². The van der Waals surface area contributed by atoms with Gasteiger partial charge in [-0.25, -0.2) is 0 Å². The van der Waals surface area contributed by atoms with Gasteiger partial charge in [0.1, 0.15) is 22.8 Å². The summed E-state index contributed by atoms with van der Waals surface area (Å²) in [5.74, 6) is 2.10. The van der Waals surface area contributed by atoms with Crippen molar-refractivity contribution in [3.8, 4) is 17.2 Å². The number of hydrogen-bond acceptors (Lipinski definition) is 4. The van der Waals surface area contributed by atoms with Crippen molar-refractivity contribution in [1.29, 1.82) is 0 Å². The molecule has 0 fully saturated rings. The van der Waals surface area contributed by atoms with Gasteiger partial charge in [-0.3, -0.25) is 4.79 Å². The minimum Gasteiger partial charge on any atom is -0.497 e. The lowest BCUT2D eigenvalue weighted by Crippen LogP contribution is -2.45. The Hall–Kier alpha value is -2.69. The van der Waals surface area contributed by atoms with Gasteiger partial charge < -0.3 is 19.5 Å². The number of aryl methyl sites for hydroxylation is 2. The maximum atomic E-state index is 13.1. The summed E-state index contributed by atoms with van der Waals surface area (Å²) >= 11 is 0. The topological polar surface area (TPSA) is 56.8 Å². The van der Waals surface area contributed by atoms with Gasteiger partial charge in [-0.15, -0.1) is 0 Å². The van der Waals surface area contributed by atoms with E-state index < -0.39 is 6.10 Å². The van der Waals surface area contributed by atoms with Crippen LogP contribution in [0.25, 0.3) is 0 Å². The van der Waals surface area contributed by atoms with E-state index in [2.05, 4.69) is 12.2 Å². The first-order chi connectivity index (χ1) is 13.7. The van der Waals surface area contributed by atoms with E-state index in [9.17, 15) is 4.79 Å². The first kappa shape index (κ1) is 21.0. The van der Waals surface area contributed by atoms with Crippen LogP contribution >= 0.6 is 0 Å². The molecule has 0 spiro atoms. The van der Waals surface area contributed by atoms with Crippen LogP contribution in [0.15, 0.2) is 36.4 Å². The van der Waals surface area contributed by atoms with Crippen molar-refractivity contribution in [3.63, 3.8) is 0 Å². The normalized spacial score (nSPS) is 18.2. The third-order valence-electron chi connectivity index (χ3n) is 5.41. The first-order valence-corrected chi connectivity index (χ1v) is 10.1. The monoisotopic (exact) mass is 397 g/mol. The number of benzene rings is 2. The second kappa shape index (κ2) is 8.36. The highest BCUT2D eigenvalue weighted by Crippen LogP contribution is 2.41. The lowest BCUT2D eigenvalue weighted by molar-refractivity contribution is -0.129. The lowest BCUT2D eigenvalue weighted by atomic mass is 9.89. The van der Waals surface area contributed by atoms with Gasteiger partial charge in [0, 0.05) is 12.0 Å². The second-order valence-electron chi connectivity index (χ2n) is 8.29. The molecule has 0 aliphatic carbocycles. The predicted octanol–water partition coefficient (Wildman–Crippen LogP) is 4.89. The standard InChI is InChI=1S/C24H31NO4/c1-7-21(28-18-9-8-15(2)16(3)12-18)23(26)25-20-14-24(4,5)29-22-11-10-17(27-6)13-19(20)22/h8-13,20-21H,7,14H2,1-6H3,(H,25,26)/t20-,21+/m0/s1. The highest BCUT2D eigenvalue weighted by Gasteiger charge is 2.36. The van der Waals surface area contributed by atoms with Crippen LogP contribution in [0.2, 0.25) is 0 Å². The van der Waals surface area contributed by atoms with E-state index in [0.717, 1.165) is 22.6 Å².